The van der Waals surface area contributed by atoms with Crippen LogP contribution in [0, 0.1) is 5.92 Å². The molecule has 2 N–H and O–H groups in total. The molecular formula is C9H16N2. The lowest BCUT2D eigenvalue weighted by Crippen LogP contribution is -1.98. The molecule has 2 heteroatoms. The van der Waals surface area contributed by atoms with Crippen LogP contribution in [0.2, 0.25) is 0 Å². The van der Waals surface area contributed by atoms with Crippen molar-refractivity contribution in [2.45, 2.75) is 26.8 Å². The SMILES string of the molecule is CC(C)CCn1ccc(N)c1. The molecule has 0 saturated carbocycles. The fraction of sp³-hybridized carbons (Fsp3) is 0.556. The molecule has 0 saturated heterocycles. The average molecular weight is 152 g/mol. The van der Waals surface area contributed by atoms with Crippen LogP contribution in [0.15, 0.2) is 18.5 Å². The molecule has 0 aliphatic heterocycles. The molecule has 1 aromatic heterocycles. The molecule has 1 aromatic rings. The fourth-order valence-corrected chi connectivity index (χ4v) is 1.01. The van der Waals surface area contributed by atoms with Crippen LogP contribution in [0.4, 0.5) is 5.69 Å². The van der Waals surface area contributed by atoms with E-state index in [1.54, 1.807) is 0 Å². The molecule has 1 rings (SSSR count). The van der Waals surface area contributed by atoms with Gasteiger partial charge in [-0.15, -0.1) is 0 Å². The molecule has 2 nitrogen and oxygen atoms in total. The zero-order valence-corrected chi connectivity index (χ0v) is 7.25. The van der Waals surface area contributed by atoms with E-state index in [0.29, 0.717) is 0 Å². The molecule has 0 atom stereocenters. The molecule has 0 spiro atoms. The van der Waals surface area contributed by atoms with Crippen LogP contribution in [0.3, 0.4) is 0 Å². The highest BCUT2D eigenvalue weighted by Crippen LogP contribution is 2.06. The lowest BCUT2D eigenvalue weighted by molar-refractivity contribution is 0.517. The van der Waals surface area contributed by atoms with Gasteiger partial charge >= 0.3 is 0 Å². The monoisotopic (exact) mass is 152 g/mol. The first-order chi connectivity index (χ1) is 5.18. The molecule has 62 valence electrons. The number of nitrogens with zero attached hydrogens (tertiary/aromatic N) is 1. The van der Waals surface area contributed by atoms with Crippen molar-refractivity contribution >= 4 is 5.69 Å². The molecule has 0 aliphatic rings. The normalized spacial score (nSPS) is 10.8. The number of anilines is 1. The predicted octanol–water partition coefficient (Wildman–Crippen LogP) is 2.12. The van der Waals surface area contributed by atoms with Crippen molar-refractivity contribution in [3.05, 3.63) is 18.5 Å². The molecule has 0 unspecified atom stereocenters. The number of rotatable bonds is 3. The first kappa shape index (κ1) is 8.18. The second-order valence-electron chi connectivity index (χ2n) is 3.37. The van der Waals surface area contributed by atoms with Gasteiger partial charge in [0.1, 0.15) is 0 Å². The van der Waals surface area contributed by atoms with Crippen molar-refractivity contribution in [3.8, 4) is 0 Å². The van der Waals surface area contributed by atoms with Crippen molar-refractivity contribution in [1.29, 1.82) is 0 Å². The molecule has 1 heterocycles. The first-order valence-corrected chi connectivity index (χ1v) is 4.09. The summed E-state index contributed by atoms with van der Waals surface area (Å²) in [5, 5.41) is 0. The third-order valence-electron chi connectivity index (χ3n) is 1.74. The van der Waals surface area contributed by atoms with E-state index >= 15 is 0 Å². The van der Waals surface area contributed by atoms with Gasteiger partial charge in [0.15, 0.2) is 0 Å². The minimum Gasteiger partial charge on any atom is -0.398 e. The Morgan fingerprint density at radius 3 is 2.73 bits per heavy atom. The van der Waals surface area contributed by atoms with E-state index in [2.05, 4.69) is 18.4 Å². The summed E-state index contributed by atoms with van der Waals surface area (Å²) < 4.78 is 2.13. The van der Waals surface area contributed by atoms with Gasteiger partial charge in [-0.2, -0.15) is 0 Å². The summed E-state index contributed by atoms with van der Waals surface area (Å²) in [6, 6.07) is 1.93. The molecule has 0 bridgehead atoms. The zero-order valence-electron chi connectivity index (χ0n) is 7.25. The number of hydrogen-bond acceptors (Lipinski definition) is 1. The molecule has 0 amide bonds. The Balaban J connectivity index is 2.39. The highest BCUT2D eigenvalue weighted by molar-refractivity contribution is 5.34. The Bertz CT molecular complexity index is 213. The Kier molecular flexibility index (Phi) is 2.58. The van der Waals surface area contributed by atoms with Crippen LogP contribution in [0.25, 0.3) is 0 Å². The Morgan fingerprint density at radius 1 is 1.55 bits per heavy atom. The molecule has 0 aliphatic carbocycles. The molecule has 0 radical (unpaired) electrons. The van der Waals surface area contributed by atoms with Crippen molar-refractivity contribution in [3.63, 3.8) is 0 Å². The molecule has 11 heavy (non-hydrogen) atoms. The summed E-state index contributed by atoms with van der Waals surface area (Å²) in [7, 11) is 0. The highest BCUT2D eigenvalue weighted by atomic mass is 14.9. The quantitative estimate of drug-likeness (QED) is 0.706. The maximum atomic E-state index is 5.56. The van der Waals surface area contributed by atoms with E-state index in [4.69, 9.17) is 5.73 Å². The summed E-state index contributed by atoms with van der Waals surface area (Å²) in [4.78, 5) is 0. The molecular weight excluding hydrogens is 136 g/mol. The van der Waals surface area contributed by atoms with Gasteiger partial charge in [0.2, 0.25) is 0 Å². The largest absolute Gasteiger partial charge is 0.398 e. The number of nitrogens with two attached hydrogens (primary N) is 1. The summed E-state index contributed by atoms with van der Waals surface area (Å²) in [5.74, 6) is 0.763. The Hall–Kier alpha value is -0.920. The van der Waals surface area contributed by atoms with E-state index < -0.39 is 0 Å². The van der Waals surface area contributed by atoms with E-state index in [0.717, 1.165) is 18.2 Å². The topological polar surface area (TPSA) is 30.9 Å². The standard InChI is InChI=1S/C9H16N2/c1-8(2)3-5-11-6-4-9(10)7-11/h4,6-8H,3,5,10H2,1-2H3. The average Bonchev–Trinajstić information content (AvgIpc) is 2.31. The van der Waals surface area contributed by atoms with Crippen molar-refractivity contribution in [1.82, 2.24) is 4.57 Å². The maximum Gasteiger partial charge on any atom is 0.0493 e. The van der Waals surface area contributed by atoms with Gasteiger partial charge in [-0.1, -0.05) is 13.8 Å². The van der Waals surface area contributed by atoms with E-state index in [-0.39, 0.29) is 0 Å². The minimum absolute atomic E-state index is 0.763. The van der Waals surface area contributed by atoms with Gasteiger partial charge < -0.3 is 10.3 Å². The van der Waals surface area contributed by atoms with Crippen LogP contribution in [0.5, 0.6) is 0 Å². The van der Waals surface area contributed by atoms with Crippen LogP contribution in [0.1, 0.15) is 20.3 Å². The first-order valence-electron chi connectivity index (χ1n) is 4.09. The van der Waals surface area contributed by atoms with Crippen molar-refractivity contribution in [2.75, 3.05) is 5.73 Å². The highest BCUT2D eigenvalue weighted by Gasteiger charge is 1.95. The van der Waals surface area contributed by atoms with Gasteiger partial charge in [-0.25, -0.2) is 0 Å². The van der Waals surface area contributed by atoms with E-state index in [9.17, 15) is 0 Å². The number of aromatic nitrogens is 1. The summed E-state index contributed by atoms with van der Waals surface area (Å²) in [6.45, 7) is 5.54. The van der Waals surface area contributed by atoms with E-state index in [1.165, 1.54) is 6.42 Å². The second-order valence-corrected chi connectivity index (χ2v) is 3.37. The van der Waals surface area contributed by atoms with Crippen LogP contribution in [-0.2, 0) is 6.54 Å². The van der Waals surface area contributed by atoms with E-state index in [1.807, 2.05) is 18.5 Å². The summed E-state index contributed by atoms with van der Waals surface area (Å²) >= 11 is 0. The van der Waals surface area contributed by atoms with Crippen molar-refractivity contribution in [2.24, 2.45) is 5.92 Å². The summed E-state index contributed by atoms with van der Waals surface area (Å²) in [5.41, 5.74) is 6.42. The van der Waals surface area contributed by atoms with Gasteiger partial charge in [0, 0.05) is 24.6 Å². The number of nitrogen functional groups attached to an aromatic ring is 1. The third kappa shape index (κ3) is 2.66. The molecule has 0 fully saturated rings. The zero-order chi connectivity index (χ0) is 8.27. The van der Waals surface area contributed by atoms with Gasteiger partial charge in [0.25, 0.3) is 0 Å². The lowest BCUT2D eigenvalue weighted by atomic mass is 10.1. The maximum absolute atomic E-state index is 5.56. The smallest absolute Gasteiger partial charge is 0.0493 e. The second kappa shape index (κ2) is 3.46. The Morgan fingerprint density at radius 2 is 2.27 bits per heavy atom. The van der Waals surface area contributed by atoms with Gasteiger partial charge in [-0.3, -0.25) is 0 Å². The molecule has 0 aromatic carbocycles. The predicted molar refractivity (Wildman–Crippen MR) is 48.3 cm³/mol. The van der Waals surface area contributed by atoms with Crippen LogP contribution >= 0.6 is 0 Å². The third-order valence-corrected chi connectivity index (χ3v) is 1.74. The van der Waals surface area contributed by atoms with Gasteiger partial charge in [-0.05, 0) is 18.4 Å². The fourth-order valence-electron chi connectivity index (χ4n) is 1.01. The van der Waals surface area contributed by atoms with Crippen LogP contribution < -0.4 is 5.73 Å². The number of aryl methyl sites for hydroxylation is 1. The lowest BCUT2D eigenvalue weighted by Gasteiger charge is -2.04. The summed E-state index contributed by atoms with van der Waals surface area (Å²) in [6.07, 6.45) is 5.22. The van der Waals surface area contributed by atoms with Crippen molar-refractivity contribution < 1.29 is 0 Å². The van der Waals surface area contributed by atoms with Gasteiger partial charge in [0.05, 0.1) is 0 Å². The minimum atomic E-state index is 0.763. The van der Waals surface area contributed by atoms with Crippen LogP contribution in [-0.4, -0.2) is 4.57 Å². The Labute approximate surface area is 68.0 Å². The number of hydrogen-bond donors (Lipinski definition) is 1.